The number of imidazole rings is 1. The highest BCUT2D eigenvalue weighted by Gasteiger charge is 2.38. The molecule has 6 rings (SSSR count). The number of rotatable bonds is 7. The minimum atomic E-state index is -4.69. The largest absolute Gasteiger partial charge is 0.435 e. The quantitative estimate of drug-likeness (QED) is 0.219. The molecule has 0 saturated heterocycles. The molecule has 0 radical (unpaired) electrons. The van der Waals surface area contributed by atoms with E-state index >= 15 is 0 Å². The van der Waals surface area contributed by atoms with Crippen LogP contribution >= 0.6 is 0 Å². The fraction of sp³-hybridized carbons (Fsp3) is 0.333. The summed E-state index contributed by atoms with van der Waals surface area (Å²) < 4.78 is 44.9. The van der Waals surface area contributed by atoms with Crippen molar-refractivity contribution in [2.24, 2.45) is 5.92 Å². The molecule has 0 unspecified atom stereocenters. The number of halogens is 3. The lowest BCUT2D eigenvalue weighted by atomic mass is 9.83. The van der Waals surface area contributed by atoms with Gasteiger partial charge in [0.25, 0.3) is 0 Å². The number of nitrogens with zero attached hydrogens (tertiary/aromatic N) is 7. The third kappa shape index (κ3) is 5.48. The number of aromatic nitrogens is 7. The van der Waals surface area contributed by atoms with Crippen LogP contribution < -0.4 is 5.32 Å². The van der Waals surface area contributed by atoms with E-state index in [0.717, 1.165) is 42.4 Å². The molecular weight excluding hydrogens is 545 g/mol. The fourth-order valence-corrected chi connectivity index (χ4v) is 5.49. The summed E-state index contributed by atoms with van der Waals surface area (Å²) >= 11 is 0. The summed E-state index contributed by atoms with van der Waals surface area (Å²) in [5, 5.41) is 7.05. The number of ketones is 1. The van der Waals surface area contributed by atoms with Crippen molar-refractivity contribution in [3.05, 3.63) is 83.6 Å². The van der Waals surface area contributed by atoms with Gasteiger partial charge < -0.3 is 5.32 Å². The van der Waals surface area contributed by atoms with E-state index in [1.807, 2.05) is 32.0 Å². The SMILES string of the molecule is Cc1cnc(Cn2cc(-c3cnc4c(Nc5ccc(C(=O)C6CCCCC6)c(C)c5)nccn34)c(C(F)(F)F)n2)nc1. The van der Waals surface area contributed by atoms with Gasteiger partial charge >= 0.3 is 6.18 Å². The van der Waals surface area contributed by atoms with Gasteiger partial charge in [0.15, 0.2) is 22.9 Å². The van der Waals surface area contributed by atoms with Gasteiger partial charge in [0.05, 0.1) is 17.5 Å². The number of anilines is 2. The second-order valence-electron chi connectivity index (χ2n) is 10.7. The first-order valence-corrected chi connectivity index (χ1v) is 13.8. The molecule has 4 aromatic heterocycles. The van der Waals surface area contributed by atoms with Gasteiger partial charge in [-0.15, -0.1) is 0 Å². The van der Waals surface area contributed by atoms with Crippen molar-refractivity contribution in [2.75, 3.05) is 5.32 Å². The lowest BCUT2D eigenvalue weighted by Gasteiger charge is -2.21. The summed E-state index contributed by atoms with van der Waals surface area (Å²) in [6.07, 6.45) is 9.48. The summed E-state index contributed by atoms with van der Waals surface area (Å²) in [5.74, 6) is 0.972. The minimum Gasteiger partial charge on any atom is -0.337 e. The van der Waals surface area contributed by atoms with Gasteiger partial charge in [-0.3, -0.25) is 13.9 Å². The number of nitrogens with one attached hydrogen (secondary N) is 1. The Kier molecular flexibility index (Phi) is 7.21. The molecule has 0 aliphatic heterocycles. The predicted molar refractivity (Wildman–Crippen MR) is 150 cm³/mol. The number of fused-ring (bicyclic) bond motifs is 1. The van der Waals surface area contributed by atoms with E-state index in [1.54, 1.807) is 23.0 Å². The number of alkyl halides is 3. The fourth-order valence-electron chi connectivity index (χ4n) is 5.49. The zero-order valence-corrected chi connectivity index (χ0v) is 23.2. The highest BCUT2D eigenvalue weighted by atomic mass is 19.4. The van der Waals surface area contributed by atoms with E-state index in [4.69, 9.17) is 0 Å². The Morgan fingerprint density at radius 1 is 1.02 bits per heavy atom. The van der Waals surface area contributed by atoms with Crippen molar-refractivity contribution >= 4 is 22.9 Å². The van der Waals surface area contributed by atoms with Crippen molar-refractivity contribution in [1.82, 2.24) is 34.1 Å². The van der Waals surface area contributed by atoms with Crippen molar-refractivity contribution in [2.45, 2.75) is 58.7 Å². The third-order valence-electron chi connectivity index (χ3n) is 7.60. The molecule has 9 nitrogen and oxygen atoms in total. The minimum absolute atomic E-state index is 0.0208. The number of carbonyl (C=O) groups is 1. The smallest absolute Gasteiger partial charge is 0.337 e. The second kappa shape index (κ2) is 11.0. The Hall–Kier alpha value is -4.61. The molecule has 1 aliphatic rings. The van der Waals surface area contributed by atoms with Crippen molar-refractivity contribution in [1.29, 1.82) is 0 Å². The topological polar surface area (TPSA) is 103 Å². The average Bonchev–Trinajstić information content (AvgIpc) is 3.59. The molecule has 12 heteroatoms. The number of hydrogen-bond donors (Lipinski definition) is 1. The lowest BCUT2D eigenvalue weighted by Crippen LogP contribution is -2.18. The Morgan fingerprint density at radius 2 is 1.79 bits per heavy atom. The van der Waals surface area contributed by atoms with E-state index in [1.165, 1.54) is 29.7 Å². The van der Waals surface area contributed by atoms with Crippen LogP contribution in [-0.4, -0.2) is 39.9 Å². The summed E-state index contributed by atoms with van der Waals surface area (Å²) in [7, 11) is 0. The molecule has 1 saturated carbocycles. The van der Waals surface area contributed by atoms with Crippen LogP contribution in [-0.2, 0) is 12.7 Å². The molecule has 1 aromatic carbocycles. The summed E-state index contributed by atoms with van der Waals surface area (Å²) in [6, 6.07) is 5.52. The van der Waals surface area contributed by atoms with Gasteiger partial charge in [0.1, 0.15) is 12.4 Å². The van der Waals surface area contributed by atoms with Crippen molar-refractivity contribution in [3.63, 3.8) is 0 Å². The van der Waals surface area contributed by atoms with Crippen molar-refractivity contribution in [3.8, 4) is 11.3 Å². The predicted octanol–water partition coefficient (Wildman–Crippen LogP) is 6.57. The van der Waals surface area contributed by atoms with E-state index in [9.17, 15) is 18.0 Å². The van der Waals surface area contributed by atoms with Crippen LogP contribution in [0.5, 0.6) is 0 Å². The highest BCUT2D eigenvalue weighted by Crippen LogP contribution is 2.37. The zero-order chi connectivity index (χ0) is 29.4. The number of carbonyl (C=O) groups excluding carboxylic acids is 1. The maximum Gasteiger partial charge on any atom is 0.435 e. The summed E-state index contributed by atoms with van der Waals surface area (Å²) in [5.41, 5.74) is 2.51. The number of benzene rings is 1. The number of aryl methyl sites for hydroxylation is 2. The summed E-state index contributed by atoms with van der Waals surface area (Å²) in [4.78, 5) is 30.2. The van der Waals surface area contributed by atoms with Crippen molar-refractivity contribution < 1.29 is 18.0 Å². The van der Waals surface area contributed by atoms with Gasteiger partial charge in [-0.05, 0) is 56.0 Å². The molecule has 0 amide bonds. The van der Waals surface area contributed by atoms with E-state index < -0.39 is 11.9 Å². The molecular formula is C30H29F3N8O. The van der Waals surface area contributed by atoms with Crippen LogP contribution in [0.2, 0.25) is 0 Å². The Balaban J connectivity index is 1.30. The second-order valence-corrected chi connectivity index (χ2v) is 10.7. The van der Waals surface area contributed by atoms with Crippen LogP contribution in [0.15, 0.2) is 55.4 Å². The molecule has 1 aliphatic carbocycles. The molecule has 42 heavy (non-hydrogen) atoms. The first-order valence-electron chi connectivity index (χ1n) is 13.8. The maximum atomic E-state index is 14.1. The molecule has 0 atom stereocenters. The highest BCUT2D eigenvalue weighted by molar-refractivity contribution is 5.99. The normalized spacial score (nSPS) is 14.4. The standard InChI is InChI=1S/C30H29F3N8O/c1-18-13-35-25(36-14-18)17-40-16-23(27(39-40)30(31,32)33)24-15-37-29-28(34-10-11-41(24)29)38-21-8-9-22(19(2)12-21)26(42)20-6-4-3-5-7-20/h8-16,20H,3-7,17H2,1-2H3,(H,34,38). The van der Waals surface area contributed by atoms with Crippen LogP contribution in [0, 0.1) is 19.8 Å². The first-order chi connectivity index (χ1) is 20.2. The van der Waals surface area contributed by atoms with Crippen LogP contribution in [0.4, 0.5) is 24.7 Å². The molecule has 1 fully saturated rings. The van der Waals surface area contributed by atoms with Crippen LogP contribution in [0.3, 0.4) is 0 Å². The Morgan fingerprint density at radius 3 is 2.50 bits per heavy atom. The Labute approximate surface area is 239 Å². The monoisotopic (exact) mass is 574 g/mol. The van der Waals surface area contributed by atoms with Gasteiger partial charge in [0, 0.05) is 48.2 Å². The lowest BCUT2D eigenvalue weighted by molar-refractivity contribution is -0.141. The molecule has 0 spiro atoms. The molecule has 216 valence electrons. The van der Waals surface area contributed by atoms with Crippen LogP contribution in [0.25, 0.3) is 16.9 Å². The summed E-state index contributed by atoms with van der Waals surface area (Å²) in [6.45, 7) is 3.71. The van der Waals surface area contributed by atoms with Gasteiger partial charge in [-0.2, -0.15) is 18.3 Å². The molecule has 1 N–H and O–H groups in total. The van der Waals surface area contributed by atoms with Crippen LogP contribution in [0.1, 0.15) is 65.1 Å². The third-order valence-corrected chi connectivity index (χ3v) is 7.60. The number of hydrogen-bond acceptors (Lipinski definition) is 7. The van der Waals surface area contributed by atoms with E-state index in [-0.39, 0.29) is 29.5 Å². The van der Waals surface area contributed by atoms with E-state index in [2.05, 4.69) is 30.4 Å². The average molecular weight is 575 g/mol. The molecule has 0 bridgehead atoms. The van der Waals surface area contributed by atoms with Gasteiger partial charge in [-0.1, -0.05) is 19.3 Å². The van der Waals surface area contributed by atoms with Gasteiger partial charge in [-0.25, -0.2) is 19.9 Å². The first kappa shape index (κ1) is 27.6. The Bertz CT molecular complexity index is 1750. The molecule has 4 heterocycles. The van der Waals surface area contributed by atoms with E-state index in [0.29, 0.717) is 23.0 Å². The van der Waals surface area contributed by atoms with Gasteiger partial charge in [0.2, 0.25) is 0 Å². The zero-order valence-electron chi connectivity index (χ0n) is 23.2. The maximum absolute atomic E-state index is 14.1. The molecule has 5 aromatic rings. The number of Topliss-reactive ketones (excluding diaryl/α,β-unsaturated/α-hetero) is 1.